The number of hydrogen-bond donors (Lipinski definition) is 3. The zero-order valence-electron chi connectivity index (χ0n) is 20.3. The first kappa shape index (κ1) is 26.5. The van der Waals surface area contributed by atoms with Crippen molar-refractivity contribution in [3.63, 3.8) is 0 Å². The summed E-state index contributed by atoms with van der Waals surface area (Å²) < 4.78 is 33.8. The Labute approximate surface area is 206 Å². The Balaban J connectivity index is 1.86. The third kappa shape index (κ3) is 7.17. The number of benzene rings is 2. The van der Waals surface area contributed by atoms with Crippen molar-refractivity contribution in [3.05, 3.63) is 53.6 Å². The molecular weight excluding hydrogens is 470 g/mol. The molecule has 1 aliphatic heterocycles. The van der Waals surface area contributed by atoms with Crippen LogP contribution in [0.15, 0.2) is 47.4 Å². The topological polar surface area (TPSA) is 120 Å². The van der Waals surface area contributed by atoms with Crippen molar-refractivity contribution in [3.8, 4) is 0 Å². The van der Waals surface area contributed by atoms with Gasteiger partial charge in [-0.1, -0.05) is 17.7 Å². The highest BCUT2D eigenvalue weighted by atomic mass is 32.2. The van der Waals surface area contributed by atoms with Gasteiger partial charge in [-0.3, -0.25) is 14.3 Å². The first-order valence-corrected chi connectivity index (χ1v) is 12.9. The molecule has 10 nitrogen and oxygen atoms in total. The van der Waals surface area contributed by atoms with Crippen molar-refractivity contribution < 1.29 is 22.7 Å². The summed E-state index contributed by atoms with van der Waals surface area (Å²) in [5.41, 5.74) is 2.24. The fraction of sp³-hybridized carbons (Fsp3) is 0.417. The quantitative estimate of drug-likeness (QED) is 0.415. The van der Waals surface area contributed by atoms with Crippen LogP contribution in [0.2, 0.25) is 0 Å². The number of aryl methyl sites for hydroxylation is 1. The summed E-state index contributed by atoms with van der Waals surface area (Å²) in [7, 11) is -0.814. The second kappa shape index (κ2) is 12.0. The van der Waals surface area contributed by atoms with E-state index in [1.165, 1.54) is 25.1 Å². The van der Waals surface area contributed by atoms with Crippen LogP contribution in [-0.4, -0.2) is 85.2 Å². The van der Waals surface area contributed by atoms with Crippen molar-refractivity contribution in [1.82, 2.24) is 15.5 Å². The molecule has 1 aliphatic rings. The second-order valence-corrected chi connectivity index (χ2v) is 10.1. The fourth-order valence-corrected chi connectivity index (χ4v) is 4.77. The lowest BCUT2D eigenvalue weighted by Crippen LogP contribution is -2.44. The molecule has 0 bridgehead atoms. The van der Waals surface area contributed by atoms with E-state index in [0.717, 1.165) is 18.7 Å². The third-order valence-corrected chi connectivity index (χ3v) is 7.01. The molecule has 0 unspecified atom stereocenters. The van der Waals surface area contributed by atoms with Crippen LogP contribution in [-0.2, 0) is 19.6 Å². The van der Waals surface area contributed by atoms with Crippen molar-refractivity contribution in [2.45, 2.75) is 11.8 Å². The van der Waals surface area contributed by atoms with E-state index < -0.39 is 15.9 Å². The maximum absolute atomic E-state index is 13.1. The summed E-state index contributed by atoms with van der Waals surface area (Å²) >= 11 is 0. The summed E-state index contributed by atoms with van der Waals surface area (Å²) in [6, 6.07) is 11.5. The standard InChI is InChI=1S/C24H33N5O5S/c1-18-4-7-20(8-5-18)35(32,33)27-21-16-19(6-9-22(21)29-13-10-25-11-14-29)24(31)28(2)17-23(30)26-12-15-34-3/h4-9,16,25,27H,10-15,17H2,1-3H3,(H,26,30). The van der Waals surface area contributed by atoms with Gasteiger partial charge in [-0.25, -0.2) is 8.42 Å². The predicted molar refractivity (Wildman–Crippen MR) is 135 cm³/mol. The van der Waals surface area contributed by atoms with Crippen LogP contribution in [0.1, 0.15) is 15.9 Å². The zero-order chi connectivity index (χ0) is 25.4. The number of ether oxygens (including phenoxy) is 1. The number of nitrogens with zero attached hydrogens (tertiary/aromatic N) is 2. The van der Waals surface area contributed by atoms with Gasteiger partial charge in [-0.2, -0.15) is 0 Å². The molecule has 0 aromatic heterocycles. The average Bonchev–Trinajstić information content (AvgIpc) is 2.84. The van der Waals surface area contributed by atoms with Crippen LogP contribution in [0, 0.1) is 6.92 Å². The Bertz CT molecular complexity index is 1130. The van der Waals surface area contributed by atoms with Gasteiger partial charge in [0, 0.05) is 52.4 Å². The zero-order valence-corrected chi connectivity index (χ0v) is 21.2. The first-order valence-electron chi connectivity index (χ1n) is 11.4. The van der Waals surface area contributed by atoms with Gasteiger partial charge in [0.1, 0.15) is 0 Å². The highest BCUT2D eigenvalue weighted by Gasteiger charge is 2.23. The van der Waals surface area contributed by atoms with E-state index in [9.17, 15) is 18.0 Å². The molecule has 0 atom stereocenters. The van der Waals surface area contributed by atoms with Gasteiger partial charge in [0.15, 0.2) is 0 Å². The predicted octanol–water partition coefficient (Wildman–Crippen LogP) is 1.04. The number of carbonyl (C=O) groups is 2. The van der Waals surface area contributed by atoms with Crippen molar-refractivity contribution >= 4 is 33.2 Å². The Hall–Kier alpha value is -3.15. The number of hydrogen-bond acceptors (Lipinski definition) is 7. The van der Waals surface area contributed by atoms with E-state index in [2.05, 4.69) is 20.3 Å². The number of methoxy groups -OCH3 is 1. The summed E-state index contributed by atoms with van der Waals surface area (Å²) in [6.45, 7) is 5.42. The molecule has 0 radical (unpaired) electrons. The number of piperazine rings is 1. The summed E-state index contributed by atoms with van der Waals surface area (Å²) in [6.07, 6.45) is 0. The molecule has 1 fully saturated rings. The smallest absolute Gasteiger partial charge is 0.261 e. The maximum atomic E-state index is 13.1. The number of likely N-dealkylation sites (N-methyl/N-ethyl adjacent to an activating group) is 1. The lowest BCUT2D eigenvalue weighted by molar-refractivity contribution is -0.121. The molecule has 190 valence electrons. The van der Waals surface area contributed by atoms with Gasteiger partial charge in [0.05, 0.1) is 29.4 Å². The van der Waals surface area contributed by atoms with Crippen molar-refractivity contribution in [2.24, 2.45) is 0 Å². The molecule has 2 aromatic carbocycles. The summed E-state index contributed by atoms with van der Waals surface area (Å²) in [4.78, 5) is 28.6. The molecule has 1 saturated heterocycles. The third-order valence-electron chi connectivity index (χ3n) is 5.63. The molecule has 11 heteroatoms. The average molecular weight is 504 g/mol. The van der Waals surface area contributed by atoms with E-state index in [1.807, 2.05) is 6.92 Å². The molecular formula is C24H33N5O5S. The molecule has 0 saturated carbocycles. The number of rotatable bonds is 10. The Morgan fingerprint density at radius 3 is 2.46 bits per heavy atom. The van der Waals surface area contributed by atoms with Crippen LogP contribution in [0.4, 0.5) is 11.4 Å². The van der Waals surface area contributed by atoms with E-state index in [1.54, 1.807) is 36.4 Å². The van der Waals surface area contributed by atoms with Gasteiger partial charge in [-0.15, -0.1) is 0 Å². The second-order valence-electron chi connectivity index (χ2n) is 8.39. The number of amides is 2. The molecule has 3 rings (SSSR count). The van der Waals surface area contributed by atoms with Crippen LogP contribution < -0.4 is 20.3 Å². The minimum atomic E-state index is -3.88. The van der Waals surface area contributed by atoms with E-state index in [-0.39, 0.29) is 22.9 Å². The number of sulfonamides is 1. The Morgan fingerprint density at radius 1 is 1.11 bits per heavy atom. The molecule has 0 aliphatic carbocycles. The van der Waals surface area contributed by atoms with Gasteiger partial charge in [0.2, 0.25) is 5.91 Å². The number of anilines is 2. The molecule has 2 aromatic rings. The largest absolute Gasteiger partial charge is 0.383 e. The van der Waals surface area contributed by atoms with E-state index in [0.29, 0.717) is 37.6 Å². The van der Waals surface area contributed by atoms with Crippen molar-refractivity contribution in [1.29, 1.82) is 0 Å². The molecule has 35 heavy (non-hydrogen) atoms. The van der Waals surface area contributed by atoms with Crippen LogP contribution in [0.5, 0.6) is 0 Å². The summed E-state index contributed by atoms with van der Waals surface area (Å²) in [5, 5.41) is 5.95. The maximum Gasteiger partial charge on any atom is 0.261 e. The van der Waals surface area contributed by atoms with Gasteiger partial charge in [-0.05, 0) is 37.3 Å². The van der Waals surface area contributed by atoms with Crippen molar-refractivity contribution in [2.75, 3.05) is 69.7 Å². The Morgan fingerprint density at radius 2 is 1.80 bits per heavy atom. The van der Waals surface area contributed by atoms with Gasteiger partial charge in [0.25, 0.3) is 15.9 Å². The van der Waals surface area contributed by atoms with Crippen LogP contribution in [0.3, 0.4) is 0 Å². The number of carbonyl (C=O) groups excluding carboxylic acids is 2. The van der Waals surface area contributed by atoms with E-state index in [4.69, 9.17) is 4.74 Å². The summed E-state index contributed by atoms with van der Waals surface area (Å²) in [5.74, 6) is -0.704. The molecule has 2 amide bonds. The molecule has 3 N–H and O–H groups in total. The molecule has 1 heterocycles. The lowest BCUT2D eigenvalue weighted by atomic mass is 10.1. The van der Waals surface area contributed by atoms with Gasteiger partial charge < -0.3 is 25.2 Å². The monoisotopic (exact) mass is 503 g/mol. The minimum absolute atomic E-state index is 0.132. The van der Waals surface area contributed by atoms with Gasteiger partial charge >= 0.3 is 0 Å². The minimum Gasteiger partial charge on any atom is -0.383 e. The first-order chi connectivity index (χ1) is 16.7. The SMILES string of the molecule is COCCNC(=O)CN(C)C(=O)c1ccc(N2CCNCC2)c(NS(=O)(=O)c2ccc(C)cc2)c1. The highest BCUT2D eigenvalue weighted by Crippen LogP contribution is 2.30. The highest BCUT2D eigenvalue weighted by molar-refractivity contribution is 7.92. The van der Waals surface area contributed by atoms with Crippen LogP contribution in [0.25, 0.3) is 0 Å². The number of nitrogens with one attached hydrogen (secondary N) is 3. The molecule has 0 spiro atoms. The fourth-order valence-electron chi connectivity index (χ4n) is 3.71. The normalized spacial score (nSPS) is 13.9. The Kier molecular flexibility index (Phi) is 9.07. The van der Waals surface area contributed by atoms with E-state index >= 15 is 0 Å². The lowest BCUT2D eigenvalue weighted by Gasteiger charge is -2.31. The van der Waals surface area contributed by atoms with Crippen LogP contribution >= 0.6 is 0 Å².